The van der Waals surface area contributed by atoms with Gasteiger partial charge in [-0.1, -0.05) is 12.2 Å². The van der Waals surface area contributed by atoms with Crippen LogP contribution in [0.5, 0.6) is 0 Å². The number of nitrogens with two attached hydrogens (primary N) is 1. The lowest BCUT2D eigenvalue weighted by Crippen LogP contribution is -2.40. The first-order valence-corrected chi connectivity index (χ1v) is 5.74. The Bertz CT molecular complexity index is 325. The van der Waals surface area contributed by atoms with Crippen LogP contribution >= 0.6 is 12.2 Å². The van der Waals surface area contributed by atoms with Gasteiger partial charge in [-0.3, -0.25) is 4.79 Å². The van der Waals surface area contributed by atoms with Crippen LogP contribution in [0, 0.1) is 0 Å². The van der Waals surface area contributed by atoms with Crippen LogP contribution in [-0.2, 0) is 14.8 Å². The van der Waals surface area contributed by atoms with E-state index in [1.54, 1.807) is 0 Å². The number of rotatable bonds is 5. The summed E-state index contributed by atoms with van der Waals surface area (Å²) in [4.78, 5) is 10.8. The quantitative estimate of drug-likeness (QED) is 0.557. The third kappa shape index (κ3) is 4.49. The monoisotopic (exact) mass is 239 g/mol. The predicted molar refractivity (Wildman–Crippen MR) is 57.3 cm³/mol. The van der Waals surface area contributed by atoms with Gasteiger partial charge in [-0.05, 0) is 0 Å². The van der Waals surface area contributed by atoms with Gasteiger partial charge in [-0.15, -0.1) is 0 Å². The van der Waals surface area contributed by atoms with E-state index in [1.165, 1.54) is 14.1 Å². The summed E-state index contributed by atoms with van der Waals surface area (Å²) in [5, 5.41) is 2.31. The second kappa shape index (κ2) is 5.23. The zero-order valence-electron chi connectivity index (χ0n) is 7.98. The molecule has 6 nitrogen and oxygen atoms in total. The number of hydrogen-bond acceptors (Lipinski definition) is 4. The highest BCUT2D eigenvalue weighted by Crippen LogP contribution is 1.97. The van der Waals surface area contributed by atoms with Gasteiger partial charge in [0, 0.05) is 14.1 Å². The van der Waals surface area contributed by atoms with Crippen LogP contribution in [0.2, 0.25) is 0 Å². The van der Waals surface area contributed by atoms with Gasteiger partial charge in [-0.2, -0.15) is 4.31 Å². The lowest BCUT2D eigenvalue weighted by molar-refractivity contribution is -0.120. The van der Waals surface area contributed by atoms with Crippen LogP contribution in [0.1, 0.15) is 0 Å². The van der Waals surface area contributed by atoms with Crippen molar-refractivity contribution in [2.24, 2.45) is 5.73 Å². The molecule has 0 radical (unpaired) electrons. The zero-order valence-corrected chi connectivity index (χ0v) is 9.61. The Labute approximate surface area is 88.5 Å². The Hall–Kier alpha value is -0.730. The van der Waals surface area contributed by atoms with Crippen molar-refractivity contribution in [2.75, 3.05) is 26.4 Å². The normalized spacial score (nSPS) is 11.4. The molecule has 0 aromatic heterocycles. The van der Waals surface area contributed by atoms with Gasteiger partial charge in [0.15, 0.2) is 0 Å². The Kier molecular flexibility index (Phi) is 4.95. The largest absolute Gasteiger partial charge is 0.392 e. The molecule has 0 aliphatic heterocycles. The van der Waals surface area contributed by atoms with E-state index < -0.39 is 15.8 Å². The molecule has 0 unspecified atom stereocenters. The fourth-order valence-corrected chi connectivity index (χ4v) is 2.01. The van der Waals surface area contributed by atoms with Crippen molar-refractivity contribution in [3.63, 3.8) is 0 Å². The summed E-state index contributed by atoms with van der Waals surface area (Å²) in [5.74, 6) is -0.811. The van der Waals surface area contributed by atoms with Crippen LogP contribution in [-0.4, -0.2) is 50.0 Å². The first-order valence-electron chi connectivity index (χ1n) is 3.72. The van der Waals surface area contributed by atoms with E-state index in [0.717, 1.165) is 4.31 Å². The Morgan fingerprint density at radius 2 is 2.07 bits per heavy atom. The molecule has 82 valence electrons. The molecule has 0 heterocycles. The van der Waals surface area contributed by atoms with Crippen molar-refractivity contribution in [1.29, 1.82) is 0 Å². The fourth-order valence-electron chi connectivity index (χ4n) is 0.670. The number of hydrogen-bond donors (Lipinski definition) is 2. The molecule has 0 rings (SSSR count). The first kappa shape index (κ1) is 13.3. The van der Waals surface area contributed by atoms with Crippen molar-refractivity contribution in [3.05, 3.63) is 0 Å². The summed E-state index contributed by atoms with van der Waals surface area (Å²) in [6.07, 6.45) is 0. The standard InChI is InChI=1S/C6H13N3O3S2/c1-8-6(10)3-9(2)14(11,12)4-5(7)13/h3-4H2,1-2H3,(H2,7,13)(H,8,10). The average Bonchev–Trinajstić information content (AvgIpc) is 2.01. The maximum Gasteiger partial charge on any atom is 0.235 e. The lowest BCUT2D eigenvalue weighted by atomic mass is 10.6. The molecule has 0 spiro atoms. The number of likely N-dealkylation sites (N-methyl/N-ethyl adjacent to an activating group) is 2. The molecule has 0 saturated carbocycles. The SMILES string of the molecule is CNC(=O)CN(C)S(=O)(=O)CC(N)=S. The Morgan fingerprint density at radius 1 is 1.57 bits per heavy atom. The van der Waals surface area contributed by atoms with Crippen LogP contribution in [0.25, 0.3) is 0 Å². The van der Waals surface area contributed by atoms with Gasteiger partial charge in [0.2, 0.25) is 15.9 Å². The molecule has 0 bridgehead atoms. The van der Waals surface area contributed by atoms with Gasteiger partial charge in [0.25, 0.3) is 0 Å². The average molecular weight is 239 g/mol. The lowest BCUT2D eigenvalue weighted by Gasteiger charge is -2.15. The Morgan fingerprint density at radius 3 is 2.43 bits per heavy atom. The van der Waals surface area contributed by atoms with Gasteiger partial charge in [0.05, 0.1) is 11.5 Å². The summed E-state index contributed by atoms with van der Waals surface area (Å²) < 4.78 is 23.6. The maximum absolute atomic E-state index is 11.4. The van der Waals surface area contributed by atoms with Gasteiger partial charge in [0.1, 0.15) is 5.75 Å². The van der Waals surface area contributed by atoms with Gasteiger partial charge < -0.3 is 11.1 Å². The highest BCUT2D eigenvalue weighted by Gasteiger charge is 2.20. The molecule has 0 aliphatic carbocycles. The second-order valence-corrected chi connectivity index (χ2v) is 5.25. The molecule has 0 fully saturated rings. The van der Waals surface area contributed by atoms with E-state index >= 15 is 0 Å². The van der Waals surface area contributed by atoms with Crippen molar-refractivity contribution in [1.82, 2.24) is 9.62 Å². The number of carbonyl (C=O) groups is 1. The molecule has 14 heavy (non-hydrogen) atoms. The first-order chi connectivity index (χ1) is 6.29. The smallest absolute Gasteiger partial charge is 0.235 e. The minimum atomic E-state index is -3.56. The Balaban J connectivity index is 4.44. The third-order valence-electron chi connectivity index (χ3n) is 1.44. The van der Waals surface area contributed by atoms with Gasteiger partial charge in [-0.25, -0.2) is 8.42 Å². The van der Waals surface area contributed by atoms with Gasteiger partial charge >= 0.3 is 0 Å². The molecule has 0 aliphatic rings. The van der Waals surface area contributed by atoms with Crippen LogP contribution < -0.4 is 11.1 Å². The van der Waals surface area contributed by atoms with E-state index in [-0.39, 0.29) is 17.4 Å². The van der Waals surface area contributed by atoms with E-state index in [2.05, 4.69) is 17.5 Å². The minimum Gasteiger partial charge on any atom is -0.392 e. The van der Waals surface area contributed by atoms with Crippen LogP contribution in [0.3, 0.4) is 0 Å². The van der Waals surface area contributed by atoms with Crippen molar-refractivity contribution in [2.45, 2.75) is 0 Å². The molecular weight excluding hydrogens is 226 g/mol. The summed E-state index contributed by atoms with van der Waals surface area (Å²) in [6.45, 7) is -0.235. The highest BCUT2D eigenvalue weighted by molar-refractivity contribution is 7.92. The summed E-state index contributed by atoms with van der Waals surface area (Å²) in [7, 11) is -0.837. The molecule has 1 amide bonds. The number of carbonyl (C=O) groups excluding carboxylic acids is 1. The number of amides is 1. The molecule has 8 heteroatoms. The summed E-state index contributed by atoms with van der Waals surface area (Å²) >= 11 is 4.48. The van der Waals surface area contributed by atoms with Crippen LogP contribution in [0.4, 0.5) is 0 Å². The molecule has 0 atom stereocenters. The van der Waals surface area contributed by atoms with E-state index in [9.17, 15) is 13.2 Å². The molecule has 0 aromatic rings. The van der Waals surface area contributed by atoms with E-state index in [4.69, 9.17) is 5.73 Å². The molecule has 3 N–H and O–H groups in total. The highest BCUT2D eigenvalue weighted by atomic mass is 32.2. The zero-order chi connectivity index (χ0) is 11.4. The van der Waals surface area contributed by atoms with E-state index in [1.807, 2.05) is 0 Å². The minimum absolute atomic E-state index is 0.117. The number of nitrogens with one attached hydrogen (secondary N) is 1. The van der Waals surface area contributed by atoms with Crippen molar-refractivity contribution >= 4 is 33.1 Å². The third-order valence-corrected chi connectivity index (χ3v) is 3.53. The number of thiocarbonyl (C=S) groups is 1. The maximum atomic E-state index is 11.4. The molecule has 0 aromatic carbocycles. The fraction of sp³-hybridized carbons (Fsp3) is 0.667. The topological polar surface area (TPSA) is 92.5 Å². The van der Waals surface area contributed by atoms with Crippen molar-refractivity contribution < 1.29 is 13.2 Å². The number of nitrogens with zero attached hydrogens (tertiary/aromatic N) is 1. The predicted octanol–water partition coefficient (Wildman–Crippen LogP) is -1.72. The summed E-state index contributed by atoms with van der Waals surface area (Å²) in [6, 6.07) is 0. The van der Waals surface area contributed by atoms with E-state index in [0.29, 0.717) is 0 Å². The van der Waals surface area contributed by atoms with Crippen molar-refractivity contribution in [3.8, 4) is 0 Å². The molecular formula is C6H13N3O3S2. The number of sulfonamides is 1. The summed E-state index contributed by atoms with van der Waals surface area (Å²) in [5.41, 5.74) is 5.10. The second-order valence-electron chi connectivity index (χ2n) is 2.65. The molecule has 0 saturated heterocycles. The van der Waals surface area contributed by atoms with Crippen LogP contribution in [0.15, 0.2) is 0 Å².